The Balaban J connectivity index is 1.98. The number of anilines is 2. The van der Waals surface area contributed by atoms with E-state index in [0.717, 1.165) is 0 Å². The summed E-state index contributed by atoms with van der Waals surface area (Å²) >= 11 is 11.8. The Labute approximate surface area is 126 Å². The lowest BCUT2D eigenvalue weighted by atomic mass is 10.2. The summed E-state index contributed by atoms with van der Waals surface area (Å²) in [7, 11) is 0. The summed E-state index contributed by atoms with van der Waals surface area (Å²) < 4.78 is 5.32. The number of benzene rings is 2. The van der Waals surface area contributed by atoms with Crippen molar-refractivity contribution in [1.29, 1.82) is 0 Å². The average Bonchev–Trinajstić information content (AvgIpc) is 2.42. The molecule has 20 heavy (non-hydrogen) atoms. The highest BCUT2D eigenvalue weighted by atomic mass is 35.5. The molecule has 0 radical (unpaired) electrons. The Morgan fingerprint density at radius 1 is 1.20 bits per heavy atom. The van der Waals surface area contributed by atoms with Crippen LogP contribution in [0.3, 0.4) is 0 Å². The lowest BCUT2D eigenvalue weighted by molar-refractivity contribution is -0.118. The number of nitrogens with one attached hydrogen (secondary N) is 1. The van der Waals surface area contributed by atoms with Crippen molar-refractivity contribution < 1.29 is 9.53 Å². The van der Waals surface area contributed by atoms with E-state index in [9.17, 15) is 4.79 Å². The van der Waals surface area contributed by atoms with E-state index in [2.05, 4.69) is 5.32 Å². The second kappa shape index (κ2) is 6.50. The highest BCUT2D eigenvalue weighted by Gasteiger charge is 2.11. The molecular formula is C14H12Cl2N2O2. The number of halogens is 2. The van der Waals surface area contributed by atoms with E-state index in [-0.39, 0.29) is 17.5 Å². The predicted octanol–water partition coefficient (Wildman–Crippen LogP) is 3.59. The molecule has 0 aliphatic rings. The SMILES string of the molecule is Nc1cc(Cl)cc(Cl)c1NC(=O)COc1ccccc1. The van der Waals surface area contributed by atoms with E-state index in [1.54, 1.807) is 12.1 Å². The molecule has 2 aromatic rings. The van der Waals surface area contributed by atoms with Gasteiger partial charge in [-0.1, -0.05) is 41.4 Å². The van der Waals surface area contributed by atoms with Crippen LogP contribution in [0.25, 0.3) is 0 Å². The van der Waals surface area contributed by atoms with Crippen molar-refractivity contribution in [1.82, 2.24) is 0 Å². The van der Waals surface area contributed by atoms with E-state index in [1.807, 2.05) is 18.2 Å². The van der Waals surface area contributed by atoms with Crippen LogP contribution in [0.2, 0.25) is 10.0 Å². The molecule has 0 spiro atoms. The third-order valence-electron chi connectivity index (χ3n) is 2.46. The molecule has 3 N–H and O–H groups in total. The van der Waals surface area contributed by atoms with Crippen molar-refractivity contribution in [2.75, 3.05) is 17.7 Å². The molecule has 0 aromatic heterocycles. The highest BCUT2D eigenvalue weighted by Crippen LogP contribution is 2.31. The monoisotopic (exact) mass is 310 g/mol. The van der Waals surface area contributed by atoms with E-state index in [0.29, 0.717) is 22.1 Å². The van der Waals surface area contributed by atoms with Crippen molar-refractivity contribution in [2.24, 2.45) is 0 Å². The summed E-state index contributed by atoms with van der Waals surface area (Å²) in [5, 5.41) is 3.29. The van der Waals surface area contributed by atoms with Gasteiger partial charge in [-0.2, -0.15) is 0 Å². The fourth-order valence-electron chi connectivity index (χ4n) is 1.57. The molecule has 4 nitrogen and oxygen atoms in total. The Hall–Kier alpha value is -1.91. The smallest absolute Gasteiger partial charge is 0.262 e. The molecule has 0 fully saturated rings. The lowest BCUT2D eigenvalue weighted by Gasteiger charge is -2.11. The summed E-state index contributed by atoms with van der Waals surface area (Å²) in [4.78, 5) is 11.8. The van der Waals surface area contributed by atoms with E-state index in [1.165, 1.54) is 12.1 Å². The first kappa shape index (κ1) is 14.5. The highest BCUT2D eigenvalue weighted by molar-refractivity contribution is 6.37. The third kappa shape index (κ3) is 3.79. The maximum absolute atomic E-state index is 11.8. The minimum absolute atomic E-state index is 0.136. The van der Waals surface area contributed by atoms with Crippen LogP contribution in [-0.2, 0) is 4.79 Å². The number of para-hydroxylation sites is 1. The molecule has 0 unspecified atom stereocenters. The summed E-state index contributed by atoms with van der Waals surface area (Å²) in [5.74, 6) is 0.252. The molecule has 6 heteroatoms. The van der Waals surface area contributed by atoms with Gasteiger partial charge in [0.15, 0.2) is 6.61 Å². The quantitative estimate of drug-likeness (QED) is 0.848. The zero-order valence-corrected chi connectivity index (χ0v) is 11.9. The molecule has 104 valence electrons. The van der Waals surface area contributed by atoms with E-state index >= 15 is 0 Å². The number of hydrogen-bond donors (Lipinski definition) is 2. The third-order valence-corrected chi connectivity index (χ3v) is 2.98. The van der Waals surface area contributed by atoms with Gasteiger partial charge in [-0.15, -0.1) is 0 Å². The van der Waals surface area contributed by atoms with Crippen molar-refractivity contribution in [2.45, 2.75) is 0 Å². The summed E-state index contributed by atoms with van der Waals surface area (Å²) in [6.45, 7) is -0.136. The Kier molecular flexibility index (Phi) is 4.71. The first-order valence-electron chi connectivity index (χ1n) is 5.78. The Bertz CT molecular complexity index is 595. The molecule has 2 rings (SSSR count). The zero-order chi connectivity index (χ0) is 14.5. The molecule has 0 bridgehead atoms. The fraction of sp³-hybridized carbons (Fsp3) is 0.0714. The topological polar surface area (TPSA) is 64.3 Å². The predicted molar refractivity (Wildman–Crippen MR) is 81.4 cm³/mol. The van der Waals surface area contributed by atoms with Crippen LogP contribution in [0.1, 0.15) is 0 Å². The van der Waals surface area contributed by atoms with E-state index in [4.69, 9.17) is 33.7 Å². The van der Waals surface area contributed by atoms with Gasteiger partial charge in [0, 0.05) is 5.02 Å². The van der Waals surface area contributed by atoms with Crippen LogP contribution >= 0.6 is 23.2 Å². The maximum Gasteiger partial charge on any atom is 0.262 e. The largest absolute Gasteiger partial charge is 0.484 e. The molecule has 0 saturated carbocycles. The summed E-state index contributed by atoms with van der Waals surface area (Å²) in [6, 6.07) is 12.0. The van der Waals surface area contributed by atoms with Gasteiger partial charge in [-0.3, -0.25) is 4.79 Å². The standard InChI is InChI=1S/C14H12Cl2N2O2/c15-9-6-11(16)14(12(17)7-9)18-13(19)8-20-10-4-2-1-3-5-10/h1-7H,8,17H2,(H,18,19). The number of ether oxygens (including phenoxy) is 1. The second-order valence-corrected chi connectivity index (χ2v) is 4.85. The molecule has 2 aromatic carbocycles. The van der Waals surface area contributed by atoms with Gasteiger partial charge in [-0.25, -0.2) is 0 Å². The van der Waals surface area contributed by atoms with Gasteiger partial charge < -0.3 is 15.8 Å². The van der Waals surface area contributed by atoms with Gasteiger partial charge in [-0.05, 0) is 24.3 Å². The van der Waals surface area contributed by atoms with Crippen LogP contribution in [0.15, 0.2) is 42.5 Å². The van der Waals surface area contributed by atoms with Gasteiger partial charge in [0.25, 0.3) is 5.91 Å². The molecule has 0 aliphatic heterocycles. The number of carbonyl (C=O) groups excluding carboxylic acids is 1. The normalized spacial score (nSPS) is 10.1. The summed E-state index contributed by atoms with van der Waals surface area (Å²) in [6.07, 6.45) is 0. The molecule has 0 aliphatic carbocycles. The molecular weight excluding hydrogens is 299 g/mol. The Morgan fingerprint density at radius 2 is 1.90 bits per heavy atom. The van der Waals surface area contributed by atoms with Crippen molar-refractivity contribution >= 4 is 40.5 Å². The van der Waals surface area contributed by atoms with Crippen LogP contribution in [0.5, 0.6) is 5.75 Å². The molecule has 0 heterocycles. The molecule has 1 amide bonds. The Morgan fingerprint density at radius 3 is 2.55 bits per heavy atom. The van der Waals surface area contributed by atoms with Gasteiger partial charge in [0.1, 0.15) is 5.75 Å². The number of hydrogen-bond acceptors (Lipinski definition) is 3. The number of nitrogens with two attached hydrogens (primary N) is 1. The lowest BCUT2D eigenvalue weighted by Crippen LogP contribution is -2.21. The number of amides is 1. The van der Waals surface area contributed by atoms with Crippen LogP contribution in [0, 0.1) is 0 Å². The number of rotatable bonds is 4. The molecule has 0 saturated heterocycles. The number of carbonyl (C=O) groups is 1. The van der Waals surface area contributed by atoms with Crippen LogP contribution < -0.4 is 15.8 Å². The first-order valence-corrected chi connectivity index (χ1v) is 6.54. The van der Waals surface area contributed by atoms with Crippen LogP contribution in [0.4, 0.5) is 11.4 Å². The zero-order valence-electron chi connectivity index (χ0n) is 10.4. The van der Waals surface area contributed by atoms with E-state index < -0.39 is 0 Å². The fourth-order valence-corrected chi connectivity index (χ4v) is 2.12. The second-order valence-electron chi connectivity index (χ2n) is 4.00. The minimum Gasteiger partial charge on any atom is -0.484 e. The summed E-state index contributed by atoms with van der Waals surface area (Å²) in [5.41, 5.74) is 6.39. The maximum atomic E-state index is 11.8. The van der Waals surface area contributed by atoms with Gasteiger partial charge in [0.2, 0.25) is 0 Å². The molecule has 0 atom stereocenters. The average molecular weight is 311 g/mol. The van der Waals surface area contributed by atoms with Crippen molar-refractivity contribution in [3.63, 3.8) is 0 Å². The number of nitrogen functional groups attached to an aromatic ring is 1. The van der Waals surface area contributed by atoms with Gasteiger partial charge >= 0.3 is 0 Å². The minimum atomic E-state index is -0.357. The van der Waals surface area contributed by atoms with Gasteiger partial charge in [0.05, 0.1) is 16.4 Å². The van der Waals surface area contributed by atoms with Crippen molar-refractivity contribution in [3.8, 4) is 5.75 Å². The van der Waals surface area contributed by atoms with Crippen LogP contribution in [-0.4, -0.2) is 12.5 Å². The van der Waals surface area contributed by atoms with Crippen molar-refractivity contribution in [3.05, 3.63) is 52.5 Å². The first-order chi connectivity index (χ1) is 9.56.